The molecule has 0 N–H and O–H groups in total. The number of piperidine rings is 4. The van der Waals surface area contributed by atoms with Crippen LogP contribution in [0.1, 0.15) is 50.0 Å². The van der Waals surface area contributed by atoms with E-state index >= 15 is 0 Å². The van der Waals surface area contributed by atoms with Crippen LogP contribution in [0.4, 0.5) is 5.95 Å². The lowest BCUT2D eigenvalue weighted by atomic mass is 9.79. The molecular weight excluding hydrogens is 378 g/mol. The van der Waals surface area contributed by atoms with E-state index in [4.69, 9.17) is 9.51 Å². The van der Waals surface area contributed by atoms with Gasteiger partial charge in [0.25, 0.3) is 5.95 Å². The first-order valence-electron chi connectivity index (χ1n) is 11.3. The Morgan fingerprint density at radius 2 is 1.83 bits per heavy atom. The van der Waals surface area contributed by atoms with Crippen LogP contribution in [-0.2, 0) is 11.3 Å². The summed E-state index contributed by atoms with van der Waals surface area (Å²) in [4.78, 5) is 24.0. The van der Waals surface area contributed by atoms with Crippen molar-refractivity contribution >= 4 is 11.9 Å². The van der Waals surface area contributed by atoms with Crippen LogP contribution in [0.3, 0.4) is 0 Å². The minimum atomic E-state index is -0.00206. The molecule has 0 aliphatic carbocycles. The highest BCUT2D eigenvalue weighted by atomic mass is 16.5. The molecule has 160 valence electrons. The second-order valence-electron chi connectivity index (χ2n) is 9.06. The number of benzene rings is 1. The van der Waals surface area contributed by atoms with Crippen molar-refractivity contribution in [3.8, 4) is 0 Å². The van der Waals surface area contributed by atoms with Crippen molar-refractivity contribution in [2.75, 3.05) is 37.6 Å². The Morgan fingerprint density at radius 1 is 1.10 bits per heavy atom. The van der Waals surface area contributed by atoms with E-state index in [1.807, 2.05) is 0 Å². The number of fused-ring (bicyclic) bond motifs is 3. The van der Waals surface area contributed by atoms with E-state index in [0.29, 0.717) is 23.7 Å². The second kappa shape index (κ2) is 8.47. The van der Waals surface area contributed by atoms with Gasteiger partial charge in [-0.25, -0.2) is 0 Å². The number of rotatable bonds is 5. The van der Waals surface area contributed by atoms with Crippen LogP contribution in [-0.4, -0.2) is 64.6 Å². The molecule has 30 heavy (non-hydrogen) atoms. The Balaban J connectivity index is 1.24. The molecule has 1 aromatic heterocycles. The van der Waals surface area contributed by atoms with Gasteiger partial charge in [0, 0.05) is 39.1 Å². The summed E-state index contributed by atoms with van der Waals surface area (Å²) >= 11 is 0. The van der Waals surface area contributed by atoms with E-state index in [-0.39, 0.29) is 11.9 Å². The van der Waals surface area contributed by atoms with E-state index in [9.17, 15) is 4.79 Å². The van der Waals surface area contributed by atoms with Crippen LogP contribution in [0.5, 0.6) is 0 Å². The SMILES string of the molecule is CC(=O)N(c1noc(C2CN3CCC2CC3)n1)C1CCN(Cc2ccccc2)CC1. The number of nitrogens with zero attached hydrogens (tertiary/aromatic N) is 5. The van der Waals surface area contributed by atoms with Crippen molar-refractivity contribution in [2.24, 2.45) is 5.92 Å². The monoisotopic (exact) mass is 409 g/mol. The zero-order chi connectivity index (χ0) is 20.5. The largest absolute Gasteiger partial charge is 0.337 e. The molecule has 7 heteroatoms. The van der Waals surface area contributed by atoms with E-state index < -0.39 is 0 Å². The van der Waals surface area contributed by atoms with Gasteiger partial charge < -0.3 is 9.42 Å². The summed E-state index contributed by atoms with van der Waals surface area (Å²) < 4.78 is 5.69. The van der Waals surface area contributed by atoms with Gasteiger partial charge in [0.2, 0.25) is 11.8 Å². The Labute approximate surface area is 178 Å². The summed E-state index contributed by atoms with van der Waals surface area (Å²) in [7, 11) is 0. The third-order valence-electron chi connectivity index (χ3n) is 7.13. The predicted octanol–water partition coefficient (Wildman–Crippen LogP) is 2.90. The molecule has 1 unspecified atom stereocenters. The zero-order valence-electron chi connectivity index (χ0n) is 17.7. The van der Waals surface area contributed by atoms with Crippen LogP contribution < -0.4 is 4.90 Å². The molecule has 0 radical (unpaired) electrons. The Kier molecular flexibility index (Phi) is 5.56. The quantitative estimate of drug-likeness (QED) is 0.757. The molecule has 4 fully saturated rings. The number of hydrogen-bond donors (Lipinski definition) is 0. The van der Waals surface area contributed by atoms with Crippen LogP contribution in [0, 0.1) is 5.92 Å². The smallest absolute Gasteiger partial charge is 0.273 e. The number of likely N-dealkylation sites (tertiary alicyclic amines) is 1. The molecule has 5 heterocycles. The van der Waals surface area contributed by atoms with Crippen LogP contribution in [0.25, 0.3) is 0 Å². The average molecular weight is 410 g/mol. The molecule has 2 bridgehead atoms. The van der Waals surface area contributed by atoms with E-state index in [0.717, 1.165) is 39.0 Å². The van der Waals surface area contributed by atoms with Gasteiger partial charge in [-0.1, -0.05) is 30.3 Å². The van der Waals surface area contributed by atoms with Gasteiger partial charge in [-0.15, -0.1) is 0 Å². The lowest BCUT2D eigenvalue weighted by Gasteiger charge is -2.43. The molecule has 2 aromatic rings. The van der Waals surface area contributed by atoms with Gasteiger partial charge in [-0.05, 0) is 55.4 Å². The maximum atomic E-state index is 12.5. The molecule has 4 aliphatic rings. The normalized spacial score (nSPS) is 27.3. The highest BCUT2D eigenvalue weighted by molar-refractivity contribution is 5.90. The third-order valence-corrected chi connectivity index (χ3v) is 7.13. The molecule has 7 nitrogen and oxygen atoms in total. The number of amides is 1. The molecular formula is C23H31N5O2. The fourth-order valence-corrected chi connectivity index (χ4v) is 5.46. The number of anilines is 1. The number of carbonyl (C=O) groups excluding carboxylic acids is 1. The number of hydrogen-bond acceptors (Lipinski definition) is 6. The minimum Gasteiger partial charge on any atom is -0.337 e. The minimum absolute atomic E-state index is 0.00206. The molecule has 1 aromatic carbocycles. The highest BCUT2D eigenvalue weighted by Gasteiger charge is 2.39. The molecule has 6 rings (SSSR count). The maximum Gasteiger partial charge on any atom is 0.273 e. The molecule has 4 saturated heterocycles. The number of aromatic nitrogens is 2. The summed E-state index contributed by atoms with van der Waals surface area (Å²) in [6.45, 7) is 7.87. The lowest BCUT2D eigenvalue weighted by Crippen LogP contribution is -2.47. The van der Waals surface area contributed by atoms with Crippen molar-refractivity contribution in [2.45, 2.75) is 51.1 Å². The number of carbonyl (C=O) groups is 1. The predicted molar refractivity (Wildman–Crippen MR) is 114 cm³/mol. The van der Waals surface area contributed by atoms with Crippen molar-refractivity contribution in [3.63, 3.8) is 0 Å². The average Bonchev–Trinajstić information content (AvgIpc) is 3.26. The third kappa shape index (κ3) is 4.01. The van der Waals surface area contributed by atoms with Crippen molar-refractivity contribution in [1.82, 2.24) is 19.9 Å². The summed E-state index contributed by atoms with van der Waals surface area (Å²) in [6.07, 6.45) is 4.27. The van der Waals surface area contributed by atoms with Gasteiger partial charge >= 0.3 is 0 Å². The molecule has 0 spiro atoms. The maximum absolute atomic E-state index is 12.5. The zero-order valence-corrected chi connectivity index (χ0v) is 17.7. The van der Waals surface area contributed by atoms with Crippen LogP contribution >= 0.6 is 0 Å². The van der Waals surface area contributed by atoms with E-state index in [1.54, 1.807) is 11.8 Å². The first kappa shape index (κ1) is 19.7. The van der Waals surface area contributed by atoms with Crippen molar-refractivity contribution in [3.05, 3.63) is 41.8 Å². The topological polar surface area (TPSA) is 65.7 Å². The molecule has 4 aliphatic heterocycles. The van der Waals surface area contributed by atoms with E-state index in [1.165, 1.54) is 31.5 Å². The van der Waals surface area contributed by atoms with E-state index in [2.05, 4.69) is 45.3 Å². The van der Waals surface area contributed by atoms with Gasteiger partial charge in [-0.3, -0.25) is 14.6 Å². The lowest BCUT2D eigenvalue weighted by molar-refractivity contribution is -0.117. The summed E-state index contributed by atoms with van der Waals surface area (Å²) in [6, 6.07) is 10.7. The first-order chi connectivity index (χ1) is 14.7. The summed E-state index contributed by atoms with van der Waals surface area (Å²) in [5.41, 5.74) is 1.33. The second-order valence-corrected chi connectivity index (χ2v) is 9.06. The standard InChI is InChI=1S/C23H31N5O2/c1-17(29)28(20-9-13-26(14-10-20)15-18-5-3-2-4-6-18)23-24-22(30-25-23)21-16-27-11-7-19(21)8-12-27/h2-6,19-21H,7-16H2,1H3. The van der Waals surface area contributed by atoms with Crippen LogP contribution in [0.15, 0.2) is 34.9 Å². The Bertz CT molecular complexity index is 853. The molecule has 0 saturated carbocycles. The van der Waals surface area contributed by atoms with Crippen molar-refractivity contribution in [1.29, 1.82) is 0 Å². The fourth-order valence-electron chi connectivity index (χ4n) is 5.46. The Hall–Kier alpha value is -2.25. The van der Waals surface area contributed by atoms with Crippen LogP contribution in [0.2, 0.25) is 0 Å². The van der Waals surface area contributed by atoms with Gasteiger partial charge in [0.15, 0.2) is 0 Å². The van der Waals surface area contributed by atoms with Crippen molar-refractivity contribution < 1.29 is 9.32 Å². The van der Waals surface area contributed by atoms with Gasteiger partial charge in [-0.2, -0.15) is 4.98 Å². The van der Waals surface area contributed by atoms with Gasteiger partial charge in [0.1, 0.15) is 0 Å². The Morgan fingerprint density at radius 3 is 2.47 bits per heavy atom. The molecule has 1 atom stereocenters. The van der Waals surface area contributed by atoms with Gasteiger partial charge in [0.05, 0.1) is 5.92 Å². The first-order valence-corrected chi connectivity index (χ1v) is 11.3. The molecule has 1 amide bonds. The fraction of sp³-hybridized carbons (Fsp3) is 0.609. The summed E-state index contributed by atoms with van der Waals surface area (Å²) in [5, 5.41) is 4.25. The highest BCUT2D eigenvalue weighted by Crippen LogP contribution is 2.38. The summed E-state index contributed by atoms with van der Waals surface area (Å²) in [5.74, 6) is 2.12.